The summed E-state index contributed by atoms with van der Waals surface area (Å²) in [7, 11) is 1.15. The molecule has 0 aliphatic rings. The maximum absolute atomic E-state index is 11.9. The summed E-state index contributed by atoms with van der Waals surface area (Å²) in [4.78, 5) is 35.4. The van der Waals surface area contributed by atoms with Crippen molar-refractivity contribution in [2.75, 3.05) is 13.7 Å². The van der Waals surface area contributed by atoms with E-state index in [0.29, 0.717) is 0 Å². The van der Waals surface area contributed by atoms with E-state index >= 15 is 0 Å². The van der Waals surface area contributed by atoms with Crippen molar-refractivity contribution in [2.24, 2.45) is 0 Å². The summed E-state index contributed by atoms with van der Waals surface area (Å²) in [6.07, 6.45) is 1.12. The van der Waals surface area contributed by atoms with Gasteiger partial charge in [0, 0.05) is 12.6 Å². The third kappa shape index (κ3) is 5.89. The number of nitrogens with zero attached hydrogens (tertiary/aromatic N) is 1. The minimum absolute atomic E-state index is 0.120. The molecule has 0 radical (unpaired) electrons. The topological polar surface area (TPSA) is 95.9 Å². The van der Waals surface area contributed by atoms with Crippen LogP contribution in [0.1, 0.15) is 20.3 Å². The minimum Gasteiger partial charge on any atom is -0.480 e. The monoisotopic (exact) mass is 272 g/mol. The molecule has 0 aromatic rings. The zero-order valence-corrected chi connectivity index (χ0v) is 11.4. The molecular weight excluding hydrogens is 252 g/mol. The van der Waals surface area contributed by atoms with Crippen LogP contribution in [-0.4, -0.2) is 53.7 Å². The lowest BCUT2D eigenvalue weighted by Gasteiger charge is -2.27. The second-order valence-corrected chi connectivity index (χ2v) is 4.16. The smallest absolute Gasteiger partial charge is 0.326 e. The van der Waals surface area contributed by atoms with Gasteiger partial charge in [-0.15, -0.1) is 6.58 Å². The second-order valence-electron chi connectivity index (χ2n) is 4.16. The van der Waals surface area contributed by atoms with Crippen LogP contribution in [0.2, 0.25) is 0 Å². The van der Waals surface area contributed by atoms with Crippen molar-refractivity contribution < 1.29 is 24.2 Å². The average molecular weight is 272 g/mol. The normalized spacial score (nSPS) is 11.6. The highest BCUT2D eigenvalue weighted by Gasteiger charge is 2.26. The Bertz CT molecular complexity index is 354. The molecule has 0 unspecified atom stereocenters. The molecule has 108 valence electrons. The molecule has 0 aromatic heterocycles. The van der Waals surface area contributed by atoms with Crippen LogP contribution in [0.25, 0.3) is 0 Å². The van der Waals surface area contributed by atoms with Crippen molar-refractivity contribution in [2.45, 2.75) is 32.4 Å². The highest BCUT2D eigenvalue weighted by molar-refractivity contribution is 5.86. The van der Waals surface area contributed by atoms with Gasteiger partial charge in [-0.2, -0.15) is 0 Å². The lowest BCUT2D eigenvalue weighted by molar-refractivity contribution is -0.147. The van der Waals surface area contributed by atoms with Gasteiger partial charge in [-0.05, 0) is 13.8 Å². The van der Waals surface area contributed by atoms with Crippen LogP contribution in [0, 0.1) is 0 Å². The van der Waals surface area contributed by atoms with Gasteiger partial charge < -0.3 is 20.1 Å². The number of hydrogen-bond acceptors (Lipinski definition) is 4. The molecule has 0 saturated carbocycles. The lowest BCUT2D eigenvalue weighted by Crippen LogP contribution is -2.50. The van der Waals surface area contributed by atoms with E-state index in [0.717, 1.165) is 7.11 Å². The molecule has 1 atom stereocenters. The van der Waals surface area contributed by atoms with Crippen LogP contribution in [0.4, 0.5) is 4.79 Å². The number of nitrogens with one attached hydrogen (secondary N) is 1. The van der Waals surface area contributed by atoms with Gasteiger partial charge in [0.25, 0.3) is 0 Å². The van der Waals surface area contributed by atoms with Gasteiger partial charge in [-0.25, -0.2) is 9.59 Å². The Morgan fingerprint density at radius 3 is 2.37 bits per heavy atom. The van der Waals surface area contributed by atoms with Gasteiger partial charge in [0.05, 0.1) is 13.5 Å². The van der Waals surface area contributed by atoms with E-state index in [9.17, 15) is 14.4 Å². The van der Waals surface area contributed by atoms with Gasteiger partial charge in [0.15, 0.2) is 0 Å². The largest absolute Gasteiger partial charge is 0.480 e. The zero-order chi connectivity index (χ0) is 15.0. The summed E-state index contributed by atoms with van der Waals surface area (Å²) < 4.78 is 4.38. The number of carboxylic acid groups (broad SMARTS) is 1. The van der Waals surface area contributed by atoms with Crippen LogP contribution >= 0.6 is 0 Å². The standard InChI is InChI=1S/C12H20N2O5/c1-5-6-14(8(2)3)12(18)13-9(11(16)17)7-10(15)19-4/h5,8-9H,1,6-7H2,2-4H3,(H,13,18)(H,16,17)/t9-/m0/s1. The Balaban J connectivity index is 4.73. The summed E-state index contributed by atoms with van der Waals surface area (Å²) in [5, 5.41) is 11.2. The fraction of sp³-hybridized carbons (Fsp3) is 0.583. The molecule has 7 heteroatoms. The van der Waals surface area contributed by atoms with Crippen molar-refractivity contribution in [3.63, 3.8) is 0 Å². The van der Waals surface area contributed by atoms with Crippen LogP contribution in [0.5, 0.6) is 0 Å². The van der Waals surface area contributed by atoms with E-state index in [1.165, 1.54) is 11.0 Å². The highest BCUT2D eigenvalue weighted by Crippen LogP contribution is 2.02. The van der Waals surface area contributed by atoms with Crippen molar-refractivity contribution in [1.29, 1.82) is 0 Å². The summed E-state index contributed by atoms with van der Waals surface area (Å²) in [5.41, 5.74) is 0. The minimum atomic E-state index is -1.31. The number of urea groups is 1. The van der Waals surface area contributed by atoms with Crippen molar-refractivity contribution in [1.82, 2.24) is 10.2 Å². The Morgan fingerprint density at radius 2 is 2.00 bits per heavy atom. The van der Waals surface area contributed by atoms with Gasteiger partial charge in [-0.1, -0.05) is 6.08 Å². The molecule has 0 aromatic carbocycles. The molecule has 0 bridgehead atoms. The number of esters is 1. The number of amides is 2. The number of carboxylic acids is 1. The second kappa shape index (κ2) is 8.12. The molecule has 0 heterocycles. The molecule has 0 spiro atoms. The number of carbonyl (C=O) groups excluding carboxylic acids is 2. The molecule has 19 heavy (non-hydrogen) atoms. The number of carbonyl (C=O) groups is 3. The summed E-state index contributed by atoms with van der Waals surface area (Å²) >= 11 is 0. The van der Waals surface area contributed by atoms with E-state index in [-0.39, 0.29) is 12.6 Å². The quantitative estimate of drug-likeness (QED) is 0.523. The molecule has 7 nitrogen and oxygen atoms in total. The molecule has 0 rings (SSSR count). The van der Waals surface area contributed by atoms with E-state index in [2.05, 4.69) is 16.6 Å². The fourth-order valence-electron chi connectivity index (χ4n) is 1.35. The molecule has 0 aliphatic heterocycles. The van der Waals surface area contributed by atoms with E-state index in [1.54, 1.807) is 13.8 Å². The average Bonchev–Trinajstić information content (AvgIpc) is 2.33. The SMILES string of the molecule is C=CCN(C(=O)N[C@@H](CC(=O)OC)C(=O)O)C(C)C. The highest BCUT2D eigenvalue weighted by atomic mass is 16.5. The Morgan fingerprint density at radius 1 is 1.42 bits per heavy atom. The molecule has 0 saturated heterocycles. The van der Waals surface area contributed by atoms with Crippen LogP contribution in [-0.2, 0) is 14.3 Å². The zero-order valence-electron chi connectivity index (χ0n) is 11.4. The summed E-state index contributed by atoms with van der Waals surface area (Å²) in [5.74, 6) is -1.99. The lowest BCUT2D eigenvalue weighted by atomic mass is 10.2. The third-order valence-electron chi connectivity index (χ3n) is 2.40. The van der Waals surface area contributed by atoms with Crippen LogP contribution in [0.15, 0.2) is 12.7 Å². The van der Waals surface area contributed by atoms with Crippen LogP contribution in [0.3, 0.4) is 0 Å². The first-order valence-corrected chi connectivity index (χ1v) is 5.81. The van der Waals surface area contributed by atoms with Gasteiger partial charge in [0.1, 0.15) is 6.04 Å². The Labute approximate surface area is 112 Å². The number of hydrogen-bond donors (Lipinski definition) is 2. The maximum Gasteiger partial charge on any atom is 0.326 e. The molecule has 0 aliphatic carbocycles. The molecule has 0 fully saturated rings. The summed E-state index contributed by atoms with van der Waals surface area (Å²) in [6, 6.07) is -2.00. The molecule has 2 amide bonds. The van der Waals surface area contributed by atoms with Gasteiger partial charge >= 0.3 is 18.0 Å². The van der Waals surface area contributed by atoms with E-state index < -0.39 is 30.4 Å². The van der Waals surface area contributed by atoms with Crippen molar-refractivity contribution in [3.8, 4) is 0 Å². The molecular formula is C12H20N2O5. The maximum atomic E-state index is 11.9. The first kappa shape index (κ1) is 16.9. The van der Waals surface area contributed by atoms with Crippen molar-refractivity contribution >= 4 is 18.0 Å². The Kier molecular flexibility index (Phi) is 7.25. The Hall–Kier alpha value is -2.05. The number of rotatable bonds is 7. The first-order valence-electron chi connectivity index (χ1n) is 5.81. The van der Waals surface area contributed by atoms with Gasteiger partial charge in [0.2, 0.25) is 0 Å². The molecule has 2 N–H and O–H groups in total. The summed E-state index contributed by atoms with van der Waals surface area (Å²) in [6.45, 7) is 7.40. The number of ether oxygens (including phenoxy) is 1. The first-order chi connectivity index (χ1) is 8.83. The predicted octanol–water partition coefficient (Wildman–Crippen LogP) is 0.609. The number of methoxy groups -OCH3 is 1. The van der Waals surface area contributed by atoms with Gasteiger partial charge in [-0.3, -0.25) is 4.79 Å². The van der Waals surface area contributed by atoms with Crippen molar-refractivity contribution in [3.05, 3.63) is 12.7 Å². The fourth-order valence-corrected chi connectivity index (χ4v) is 1.35. The van der Waals surface area contributed by atoms with E-state index in [4.69, 9.17) is 5.11 Å². The van der Waals surface area contributed by atoms with Crippen LogP contribution < -0.4 is 5.32 Å². The third-order valence-corrected chi connectivity index (χ3v) is 2.40. The number of aliphatic carboxylic acids is 1. The predicted molar refractivity (Wildman–Crippen MR) is 68.6 cm³/mol. The van der Waals surface area contributed by atoms with E-state index in [1.807, 2.05) is 0 Å².